The lowest BCUT2D eigenvalue weighted by molar-refractivity contribution is -0.384. The van der Waals surface area contributed by atoms with Gasteiger partial charge in [0.05, 0.1) is 10.4 Å². The van der Waals surface area contributed by atoms with Crippen molar-refractivity contribution in [1.82, 2.24) is 4.98 Å². The summed E-state index contributed by atoms with van der Waals surface area (Å²) in [5.74, 6) is 0. The van der Waals surface area contributed by atoms with Crippen LogP contribution in [0.1, 0.15) is 16.8 Å². The largest absolute Gasteiger partial charge is 0.288 e. The Balaban J connectivity index is 1.92. The number of benzene rings is 2. The normalized spacial score (nSPS) is 18.1. The molecule has 2 heterocycles. The first-order valence-electron chi connectivity index (χ1n) is 8.62. The Kier molecular flexibility index (Phi) is 4.65. The van der Waals surface area contributed by atoms with Crippen LogP contribution < -0.4 is 0 Å². The van der Waals surface area contributed by atoms with Gasteiger partial charge in [0.1, 0.15) is 10.6 Å². The predicted octanol–water partition coefficient (Wildman–Crippen LogP) is 5.84. The number of aliphatic imine (C=N–C) groups is 1. The molecule has 0 saturated carbocycles. The van der Waals surface area contributed by atoms with Crippen LogP contribution in [-0.2, 0) is 12.0 Å². The Morgan fingerprint density at radius 1 is 1.14 bits per heavy atom. The smallest absolute Gasteiger partial charge is 0.277 e. The molecule has 4 rings (SSSR count). The van der Waals surface area contributed by atoms with Crippen molar-refractivity contribution in [3.63, 3.8) is 0 Å². The van der Waals surface area contributed by atoms with Crippen LogP contribution in [0.4, 0.5) is 5.69 Å². The van der Waals surface area contributed by atoms with Crippen LogP contribution in [0.3, 0.4) is 0 Å². The molecule has 28 heavy (non-hydrogen) atoms. The number of nitrogens with zero attached hydrogens (tertiary/aromatic N) is 3. The summed E-state index contributed by atoms with van der Waals surface area (Å²) in [6.07, 6.45) is 5.81. The second kappa shape index (κ2) is 7.00. The molecule has 0 spiro atoms. The van der Waals surface area contributed by atoms with E-state index in [1.54, 1.807) is 6.21 Å². The van der Waals surface area contributed by atoms with Crippen molar-refractivity contribution in [2.75, 3.05) is 0 Å². The molecular weight excluding hydrogens is 397 g/mol. The number of nitro benzene ring substituents is 1. The van der Waals surface area contributed by atoms with Crippen molar-refractivity contribution in [2.24, 2.45) is 4.99 Å². The molecule has 0 radical (unpaired) electrons. The van der Waals surface area contributed by atoms with Gasteiger partial charge in [0.2, 0.25) is 0 Å². The van der Waals surface area contributed by atoms with E-state index in [-0.39, 0.29) is 17.1 Å². The number of allylic oxidation sites excluding steroid dienone is 1. The summed E-state index contributed by atoms with van der Waals surface area (Å²) in [5, 5.41) is 12.7. The quantitative estimate of drug-likeness (QED) is 0.400. The first-order valence-corrected chi connectivity index (χ1v) is 9.38. The maximum atomic E-state index is 11.3. The molecule has 0 saturated heterocycles. The monoisotopic (exact) mass is 411 g/mol. The standard InChI is InChI=1S/C21H15Cl2N3O2/c1-13-6-7-14-4-2-5-16(20(14)25-13)21(10-3-11-24-21)12-15-17(22)8-9-18(19(15)23)26(27)28/h2-11H,12H2,1H3. The van der Waals surface area contributed by atoms with Crippen LogP contribution in [0.25, 0.3) is 10.9 Å². The van der Waals surface area contributed by atoms with Gasteiger partial charge >= 0.3 is 0 Å². The topological polar surface area (TPSA) is 68.4 Å². The van der Waals surface area contributed by atoms with Gasteiger partial charge in [-0.2, -0.15) is 0 Å². The Hall–Kier alpha value is -2.76. The zero-order chi connectivity index (χ0) is 19.9. The first kappa shape index (κ1) is 18.6. The summed E-state index contributed by atoms with van der Waals surface area (Å²) < 4.78 is 0. The lowest BCUT2D eigenvalue weighted by Crippen LogP contribution is -2.24. The van der Waals surface area contributed by atoms with Crippen LogP contribution in [-0.4, -0.2) is 16.1 Å². The number of aromatic nitrogens is 1. The summed E-state index contributed by atoms with van der Waals surface area (Å²) in [6, 6.07) is 12.7. The fourth-order valence-corrected chi connectivity index (χ4v) is 4.11. The molecule has 1 aliphatic rings. The van der Waals surface area contributed by atoms with Crippen molar-refractivity contribution in [3.8, 4) is 0 Å². The highest BCUT2D eigenvalue weighted by molar-refractivity contribution is 6.37. The Labute approximate surface area is 171 Å². The molecule has 7 heteroatoms. The minimum atomic E-state index is -0.789. The second-order valence-corrected chi connectivity index (χ2v) is 7.47. The molecule has 140 valence electrons. The number of hydrogen-bond acceptors (Lipinski definition) is 4. The van der Waals surface area contributed by atoms with E-state index < -0.39 is 10.5 Å². The number of hydrogen-bond donors (Lipinski definition) is 0. The highest BCUT2D eigenvalue weighted by atomic mass is 35.5. The van der Waals surface area contributed by atoms with E-state index in [2.05, 4.69) is 0 Å². The Morgan fingerprint density at radius 3 is 2.68 bits per heavy atom. The third-order valence-corrected chi connectivity index (χ3v) is 5.67. The zero-order valence-corrected chi connectivity index (χ0v) is 16.4. The van der Waals surface area contributed by atoms with Crippen molar-refractivity contribution < 1.29 is 4.92 Å². The van der Waals surface area contributed by atoms with E-state index >= 15 is 0 Å². The zero-order valence-electron chi connectivity index (χ0n) is 14.9. The van der Waals surface area contributed by atoms with E-state index in [4.69, 9.17) is 33.2 Å². The summed E-state index contributed by atoms with van der Waals surface area (Å²) in [5.41, 5.74) is 2.16. The summed E-state index contributed by atoms with van der Waals surface area (Å²) in [4.78, 5) is 20.2. The van der Waals surface area contributed by atoms with E-state index in [1.165, 1.54) is 12.1 Å². The molecule has 0 amide bonds. The molecule has 0 fully saturated rings. The average molecular weight is 412 g/mol. The maximum absolute atomic E-state index is 11.3. The number of rotatable bonds is 4. The summed E-state index contributed by atoms with van der Waals surface area (Å²) in [6.45, 7) is 1.94. The molecule has 2 aromatic carbocycles. The molecular formula is C21H15Cl2N3O2. The van der Waals surface area contributed by atoms with Crippen molar-refractivity contribution in [2.45, 2.75) is 18.9 Å². The maximum Gasteiger partial charge on any atom is 0.288 e. The fraction of sp³-hybridized carbons (Fsp3) is 0.143. The highest BCUT2D eigenvalue weighted by Crippen LogP contribution is 2.42. The number of aryl methyl sites for hydroxylation is 1. The highest BCUT2D eigenvalue weighted by Gasteiger charge is 2.35. The number of nitro groups is 1. The van der Waals surface area contributed by atoms with E-state index in [0.29, 0.717) is 10.6 Å². The SMILES string of the molecule is Cc1ccc2cccc(C3(Cc4c(Cl)ccc([N+](=O)[O-])c4Cl)C=CC=N3)c2n1. The molecule has 1 unspecified atom stereocenters. The molecule has 5 nitrogen and oxygen atoms in total. The van der Waals surface area contributed by atoms with Gasteiger partial charge in [0.15, 0.2) is 0 Å². The molecule has 1 aliphatic heterocycles. The molecule has 3 aromatic rings. The minimum absolute atomic E-state index is 0.0387. The van der Waals surface area contributed by atoms with Gasteiger partial charge in [-0.15, -0.1) is 0 Å². The van der Waals surface area contributed by atoms with Gasteiger partial charge in [0.25, 0.3) is 5.69 Å². The second-order valence-electron chi connectivity index (χ2n) is 6.68. The molecule has 1 aromatic heterocycles. The van der Waals surface area contributed by atoms with Crippen LogP contribution in [0.5, 0.6) is 0 Å². The minimum Gasteiger partial charge on any atom is -0.277 e. The van der Waals surface area contributed by atoms with Gasteiger partial charge in [-0.25, -0.2) is 0 Å². The predicted molar refractivity (Wildman–Crippen MR) is 113 cm³/mol. The van der Waals surface area contributed by atoms with Crippen LogP contribution >= 0.6 is 23.2 Å². The molecule has 0 bridgehead atoms. The molecule has 1 atom stereocenters. The third-order valence-electron chi connectivity index (χ3n) is 4.90. The Morgan fingerprint density at radius 2 is 1.96 bits per heavy atom. The lowest BCUT2D eigenvalue weighted by atomic mass is 9.83. The molecule has 0 aliphatic carbocycles. The van der Waals surface area contributed by atoms with Gasteiger partial charge < -0.3 is 0 Å². The lowest BCUT2D eigenvalue weighted by Gasteiger charge is -2.27. The number of para-hydroxylation sites is 1. The van der Waals surface area contributed by atoms with Crippen LogP contribution in [0, 0.1) is 17.0 Å². The van der Waals surface area contributed by atoms with Crippen LogP contribution in [0.15, 0.2) is 59.6 Å². The Bertz CT molecular complexity index is 1160. The third kappa shape index (κ3) is 3.07. The van der Waals surface area contributed by atoms with Crippen LogP contribution in [0.2, 0.25) is 10.0 Å². The average Bonchev–Trinajstić information content (AvgIpc) is 3.14. The fourth-order valence-electron chi connectivity index (χ4n) is 3.53. The van der Waals surface area contributed by atoms with Crippen molar-refractivity contribution >= 4 is 46.0 Å². The summed E-state index contributed by atoms with van der Waals surface area (Å²) >= 11 is 12.7. The van der Waals surface area contributed by atoms with E-state index in [0.717, 1.165) is 22.2 Å². The van der Waals surface area contributed by atoms with Crippen molar-refractivity contribution in [1.29, 1.82) is 0 Å². The van der Waals surface area contributed by atoms with E-state index in [9.17, 15) is 10.1 Å². The van der Waals surface area contributed by atoms with Gasteiger partial charge in [0, 0.05) is 40.4 Å². The number of fused-ring (bicyclic) bond motifs is 1. The summed E-state index contributed by atoms with van der Waals surface area (Å²) in [7, 11) is 0. The number of pyridine rings is 1. The van der Waals surface area contributed by atoms with Gasteiger partial charge in [-0.05, 0) is 30.7 Å². The van der Waals surface area contributed by atoms with Crippen molar-refractivity contribution in [3.05, 3.63) is 91.6 Å². The van der Waals surface area contributed by atoms with Gasteiger partial charge in [-0.3, -0.25) is 20.1 Å². The van der Waals surface area contributed by atoms with Gasteiger partial charge in [-0.1, -0.05) is 53.5 Å². The number of halogens is 2. The first-order chi connectivity index (χ1) is 13.4. The van der Waals surface area contributed by atoms with E-state index in [1.807, 2.05) is 49.4 Å². The molecule has 0 N–H and O–H groups in total.